The predicted molar refractivity (Wildman–Crippen MR) is 89.4 cm³/mol. The number of Topliss-reactive ketones (excluding diaryl/α,β-unsaturated/α-hetero) is 1. The first-order valence-corrected chi connectivity index (χ1v) is 8.77. The van der Waals surface area contributed by atoms with E-state index in [1.807, 2.05) is 0 Å². The van der Waals surface area contributed by atoms with E-state index in [2.05, 4.69) is 32.0 Å². The third kappa shape index (κ3) is 2.57. The van der Waals surface area contributed by atoms with E-state index in [1.54, 1.807) is 7.11 Å². The van der Waals surface area contributed by atoms with Crippen LogP contribution in [0.15, 0.2) is 18.2 Å². The first-order valence-electron chi connectivity index (χ1n) is 8.77. The minimum Gasteiger partial charge on any atom is -0.497 e. The molecule has 0 aliphatic heterocycles. The zero-order valence-electron chi connectivity index (χ0n) is 14.2. The van der Waals surface area contributed by atoms with Gasteiger partial charge in [0.2, 0.25) is 0 Å². The van der Waals surface area contributed by atoms with Crippen molar-refractivity contribution in [1.29, 1.82) is 0 Å². The van der Waals surface area contributed by atoms with E-state index < -0.39 is 0 Å². The second kappa shape index (κ2) is 6.06. The maximum Gasteiger partial charge on any atom is 0.133 e. The number of methoxy groups -OCH3 is 1. The second-order valence-corrected chi connectivity index (χ2v) is 7.41. The van der Waals surface area contributed by atoms with Gasteiger partial charge in [0.05, 0.1) is 7.11 Å². The standard InChI is InChI=1S/C20H28O2/c1-4-5-6-15-12-16(21)13-19-18-8-7-17(22-3)11-14(18)9-10-20(15,19)2/h7-8,11,15,19H,4-6,9-10,12-13H2,1-3H3/t15-,19+,20-/m0/s1. The summed E-state index contributed by atoms with van der Waals surface area (Å²) < 4.78 is 5.37. The number of carbonyl (C=O) groups excluding carboxylic acids is 1. The first-order chi connectivity index (χ1) is 10.6. The Hall–Kier alpha value is -1.31. The van der Waals surface area contributed by atoms with Gasteiger partial charge in [-0.05, 0) is 59.8 Å². The van der Waals surface area contributed by atoms with E-state index in [4.69, 9.17) is 4.74 Å². The van der Waals surface area contributed by atoms with Crippen molar-refractivity contribution in [3.05, 3.63) is 29.3 Å². The molecule has 0 radical (unpaired) electrons. The van der Waals surface area contributed by atoms with Gasteiger partial charge < -0.3 is 4.74 Å². The van der Waals surface area contributed by atoms with Gasteiger partial charge in [0.1, 0.15) is 11.5 Å². The van der Waals surface area contributed by atoms with Gasteiger partial charge in [0, 0.05) is 12.8 Å². The van der Waals surface area contributed by atoms with Crippen LogP contribution < -0.4 is 4.74 Å². The van der Waals surface area contributed by atoms with Crippen LogP contribution in [0.3, 0.4) is 0 Å². The van der Waals surface area contributed by atoms with Crippen molar-refractivity contribution in [2.24, 2.45) is 11.3 Å². The molecule has 0 aromatic heterocycles. The normalized spacial score (nSPS) is 30.6. The number of unbranched alkanes of at least 4 members (excludes halogenated alkanes) is 1. The van der Waals surface area contributed by atoms with E-state index in [9.17, 15) is 4.79 Å². The van der Waals surface area contributed by atoms with Crippen molar-refractivity contribution in [1.82, 2.24) is 0 Å². The maximum atomic E-state index is 12.3. The highest BCUT2D eigenvalue weighted by molar-refractivity contribution is 5.81. The number of carbonyl (C=O) groups is 1. The van der Waals surface area contributed by atoms with E-state index in [1.165, 1.54) is 36.8 Å². The lowest BCUT2D eigenvalue weighted by molar-refractivity contribution is -0.126. The molecule has 2 aliphatic rings. The Morgan fingerprint density at radius 3 is 2.86 bits per heavy atom. The summed E-state index contributed by atoms with van der Waals surface area (Å²) in [4.78, 5) is 12.3. The molecule has 22 heavy (non-hydrogen) atoms. The maximum absolute atomic E-state index is 12.3. The van der Waals surface area contributed by atoms with E-state index in [-0.39, 0.29) is 0 Å². The van der Waals surface area contributed by atoms with Gasteiger partial charge in [-0.15, -0.1) is 0 Å². The SMILES string of the molecule is CCCC[C@H]1CC(=O)C[C@@H]2c3ccc(OC)cc3CC[C@@]12C. The van der Waals surface area contributed by atoms with Crippen molar-refractivity contribution in [2.75, 3.05) is 7.11 Å². The van der Waals surface area contributed by atoms with Gasteiger partial charge in [-0.25, -0.2) is 0 Å². The van der Waals surface area contributed by atoms with Gasteiger partial charge in [-0.2, -0.15) is 0 Å². The van der Waals surface area contributed by atoms with Crippen LogP contribution in [-0.2, 0) is 11.2 Å². The molecule has 0 saturated heterocycles. The average Bonchev–Trinajstić information content (AvgIpc) is 2.53. The molecule has 120 valence electrons. The highest BCUT2D eigenvalue weighted by Gasteiger charge is 2.48. The van der Waals surface area contributed by atoms with Crippen LogP contribution >= 0.6 is 0 Å². The van der Waals surface area contributed by atoms with Crippen molar-refractivity contribution in [3.63, 3.8) is 0 Å². The second-order valence-electron chi connectivity index (χ2n) is 7.41. The summed E-state index contributed by atoms with van der Waals surface area (Å²) in [6.07, 6.45) is 7.54. The van der Waals surface area contributed by atoms with Crippen LogP contribution in [0.4, 0.5) is 0 Å². The molecule has 0 bridgehead atoms. The zero-order valence-corrected chi connectivity index (χ0v) is 14.2. The van der Waals surface area contributed by atoms with Crippen LogP contribution in [0.5, 0.6) is 5.75 Å². The fraction of sp³-hybridized carbons (Fsp3) is 0.650. The highest BCUT2D eigenvalue weighted by atomic mass is 16.5. The van der Waals surface area contributed by atoms with E-state index >= 15 is 0 Å². The summed E-state index contributed by atoms with van der Waals surface area (Å²) in [5, 5.41) is 0. The molecule has 3 rings (SSSR count). The topological polar surface area (TPSA) is 26.3 Å². The first kappa shape index (κ1) is 15.6. The Morgan fingerprint density at radius 2 is 2.14 bits per heavy atom. The molecule has 3 atom stereocenters. The number of ether oxygens (including phenoxy) is 1. The minimum atomic E-state index is 0.296. The van der Waals surface area contributed by atoms with Gasteiger partial charge in [0.25, 0.3) is 0 Å². The molecular weight excluding hydrogens is 272 g/mol. The van der Waals surface area contributed by atoms with E-state index in [0.29, 0.717) is 23.0 Å². The monoisotopic (exact) mass is 300 g/mol. The molecule has 0 heterocycles. The smallest absolute Gasteiger partial charge is 0.133 e. The Labute approximate surface area is 134 Å². The Bertz CT molecular complexity index is 563. The lowest BCUT2D eigenvalue weighted by Crippen LogP contribution is -2.43. The molecule has 2 nitrogen and oxygen atoms in total. The zero-order chi connectivity index (χ0) is 15.7. The number of hydrogen-bond donors (Lipinski definition) is 0. The summed E-state index contributed by atoms with van der Waals surface area (Å²) in [7, 11) is 1.72. The lowest BCUT2D eigenvalue weighted by atomic mass is 9.53. The average molecular weight is 300 g/mol. The molecule has 1 saturated carbocycles. The summed E-state index contributed by atoms with van der Waals surface area (Å²) in [6, 6.07) is 6.45. The van der Waals surface area contributed by atoms with Crippen molar-refractivity contribution in [3.8, 4) is 5.75 Å². The van der Waals surface area contributed by atoms with Crippen LogP contribution in [0.2, 0.25) is 0 Å². The quantitative estimate of drug-likeness (QED) is 0.790. The number of ketones is 1. The highest BCUT2D eigenvalue weighted by Crippen LogP contribution is 2.57. The number of fused-ring (bicyclic) bond motifs is 3. The summed E-state index contributed by atoms with van der Waals surface area (Å²) >= 11 is 0. The van der Waals surface area contributed by atoms with Gasteiger partial charge in [0.15, 0.2) is 0 Å². The fourth-order valence-electron chi connectivity index (χ4n) is 4.73. The number of hydrogen-bond acceptors (Lipinski definition) is 2. The summed E-state index contributed by atoms with van der Waals surface area (Å²) in [5.74, 6) is 2.37. The van der Waals surface area contributed by atoms with Crippen LogP contribution in [0, 0.1) is 11.3 Å². The van der Waals surface area contributed by atoms with Crippen LogP contribution in [-0.4, -0.2) is 12.9 Å². The number of rotatable bonds is 4. The Kier molecular flexibility index (Phi) is 4.29. The Balaban J connectivity index is 1.95. The minimum absolute atomic E-state index is 0.296. The lowest BCUT2D eigenvalue weighted by Gasteiger charge is -2.51. The Morgan fingerprint density at radius 1 is 1.32 bits per heavy atom. The number of benzene rings is 1. The van der Waals surface area contributed by atoms with Crippen molar-refractivity contribution >= 4 is 5.78 Å². The largest absolute Gasteiger partial charge is 0.497 e. The van der Waals surface area contributed by atoms with Crippen molar-refractivity contribution in [2.45, 2.75) is 64.7 Å². The van der Waals surface area contributed by atoms with Crippen LogP contribution in [0.25, 0.3) is 0 Å². The van der Waals surface area contributed by atoms with Gasteiger partial charge >= 0.3 is 0 Å². The van der Waals surface area contributed by atoms with Crippen LogP contribution in [0.1, 0.15) is 69.4 Å². The molecule has 1 fully saturated rings. The molecule has 2 heteroatoms. The summed E-state index contributed by atoms with van der Waals surface area (Å²) in [5.41, 5.74) is 3.10. The summed E-state index contributed by atoms with van der Waals surface area (Å²) in [6.45, 7) is 4.69. The third-order valence-corrected chi connectivity index (χ3v) is 6.20. The molecule has 0 N–H and O–H groups in total. The molecule has 2 aliphatic carbocycles. The molecule has 1 aromatic carbocycles. The number of aryl methyl sites for hydroxylation is 1. The van der Waals surface area contributed by atoms with Gasteiger partial charge in [-0.1, -0.05) is 32.8 Å². The van der Waals surface area contributed by atoms with E-state index in [0.717, 1.165) is 25.0 Å². The molecule has 1 aromatic rings. The molecule has 0 unspecified atom stereocenters. The molecular formula is C20H28O2. The molecule has 0 amide bonds. The van der Waals surface area contributed by atoms with Gasteiger partial charge in [-0.3, -0.25) is 4.79 Å². The third-order valence-electron chi connectivity index (χ3n) is 6.20. The predicted octanol–water partition coefficient (Wildman–Crippen LogP) is 4.90. The fourth-order valence-corrected chi connectivity index (χ4v) is 4.73. The van der Waals surface area contributed by atoms with Crippen molar-refractivity contribution < 1.29 is 9.53 Å². The molecule has 0 spiro atoms.